The van der Waals surface area contributed by atoms with E-state index in [0.29, 0.717) is 48.8 Å². The molecule has 2 aromatic heterocycles. The maximum absolute atomic E-state index is 14.5. The van der Waals surface area contributed by atoms with Gasteiger partial charge in [0, 0.05) is 85.0 Å². The number of carboxylic acids is 4. The van der Waals surface area contributed by atoms with Crippen molar-refractivity contribution in [1.82, 2.24) is 57.8 Å². The molecule has 0 aliphatic rings. The van der Waals surface area contributed by atoms with E-state index >= 15 is 0 Å². The Bertz CT molecular complexity index is 3150. The lowest BCUT2D eigenvalue weighted by atomic mass is 10.0. The Morgan fingerprint density at radius 3 is 1.41 bits per heavy atom. The zero-order chi connectivity index (χ0) is 61.8. The number of carbonyl (C=O) groups is 12. The van der Waals surface area contributed by atoms with Crippen LogP contribution in [-0.2, 0) is 72.0 Å². The van der Waals surface area contributed by atoms with Gasteiger partial charge in [-0.1, -0.05) is 86.0 Å². The number of unbranched alkanes of at least 4 members (excludes halogenated alkanes) is 4. The second-order valence-corrected chi connectivity index (χ2v) is 20.3. The number of amides is 9. The maximum atomic E-state index is 14.5. The zero-order valence-corrected chi connectivity index (χ0v) is 47.2. The molecule has 6 atom stereocenters. The minimum absolute atomic E-state index is 0.0598. The van der Waals surface area contributed by atoms with Crippen LogP contribution >= 0.6 is 12.6 Å². The smallest absolute Gasteiger partial charge is 0.327 e. The van der Waals surface area contributed by atoms with Gasteiger partial charge in [-0.3, -0.25) is 38.4 Å². The summed E-state index contributed by atoms with van der Waals surface area (Å²) in [7, 11) is 0. The van der Waals surface area contributed by atoms with Crippen molar-refractivity contribution < 1.29 is 78.0 Å². The summed E-state index contributed by atoms with van der Waals surface area (Å²) in [6, 6.07) is 14.0. The van der Waals surface area contributed by atoms with Gasteiger partial charge in [0.25, 0.3) is 0 Å². The van der Waals surface area contributed by atoms with Gasteiger partial charge in [0.15, 0.2) is 0 Å². The van der Waals surface area contributed by atoms with Crippen LogP contribution in [-0.4, -0.2) is 163 Å². The summed E-state index contributed by atoms with van der Waals surface area (Å²) in [5.41, 5.74) is 3.50. The highest BCUT2D eigenvalue weighted by Gasteiger charge is 2.31. The highest BCUT2D eigenvalue weighted by Crippen LogP contribution is 2.21. The molecule has 0 saturated carbocycles. The number of aromatic amines is 2. The summed E-state index contributed by atoms with van der Waals surface area (Å²) < 4.78 is 0. The summed E-state index contributed by atoms with van der Waals surface area (Å²) in [5, 5.41) is 60.8. The predicted molar refractivity (Wildman–Crippen MR) is 311 cm³/mol. The predicted octanol–water partition coefficient (Wildman–Crippen LogP) is 1.17. The quantitative estimate of drug-likeness (QED) is 0.0196. The van der Waals surface area contributed by atoms with E-state index < -0.39 is 133 Å². The van der Waals surface area contributed by atoms with Crippen molar-refractivity contribution in [2.24, 2.45) is 0 Å². The average molecular weight is 1200 g/mol. The molecule has 2 heterocycles. The van der Waals surface area contributed by atoms with Crippen molar-refractivity contribution >= 4 is 106 Å². The standard InChI is InChI=1S/C57H71N11O16S/c69-46(22-20-40(54(78)79)67-57(84)68-41(55(80)81)21-23-50(73)74)58-24-12-3-1-2-7-19-47(70)63-42(25-33-13-5-4-6-14-33)51(75)61-30-48(71)64-44(27-35-29-60-39-18-11-9-16-37(35)39)53(77)66-43(26-34-28-59-38-17-10-8-15-36(34)38)52(76)62-31-49(72)65-45(32-85)56(82)83/h4-6,8-11,13-18,28-29,40-45,59-60,85H,1-3,7,12,19-27,30-32H2,(H,58,69)(H,61,75)(H,62,76)(H,63,70)(H,64,71)(H,65,72)(H,66,77)(H,73,74)(H,78,79)(H,80,81)(H,82,83)(H2,67,68,84)/t40-,41-,42?,43?,44?,45?/m0/s1. The number of nitrogens with one attached hydrogen (secondary N) is 11. The van der Waals surface area contributed by atoms with Crippen LogP contribution in [0.25, 0.3) is 21.8 Å². The van der Waals surface area contributed by atoms with Gasteiger partial charge in [-0.05, 0) is 54.5 Å². The molecule has 456 valence electrons. The molecule has 0 fully saturated rings. The van der Waals surface area contributed by atoms with Gasteiger partial charge >= 0.3 is 29.9 Å². The van der Waals surface area contributed by atoms with Gasteiger partial charge in [-0.2, -0.15) is 12.6 Å². The molecule has 4 unspecified atom stereocenters. The van der Waals surface area contributed by atoms with Crippen LogP contribution in [0.5, 0.6) is 0 Å². The van der Waals surface area contributed by atoms with Crippen molar-refractivity contribution in [2.45, 2.75) is 120 Å². The molecular weight excluding hydrogens is 1130 g/mol. The fourth-order valence-corrected chi connectivity index (χ4v) is 9.24. The summed E-state index contributed by atoms with van der Waals surface area (Å²) in [6.45, 7) is -0.999. The molecule has 28 heteroatoms. The zero-order valence-electron chi connectivity index (χ0n) is 46.3. The number of aromatic nitrogens is 2. The number of benzene rings is 3. The lowest BCUT2D eigenvalue weighted by Crippen LogP contribution is -2.57. The van der Waals surface area contributed by atoms with E-state index in [-0.39, 0.29) is 50.8 Å². The highest BCUT2D eigenvalue weighted by atomic mass is 32.1. The molecule has 85 heavy (non-hydrogen) atoms. The number of fused-ring (bicyclic) bond motifs is 2. The SMILES string of the molecule is O=C(O)CC[C@H](NC(=O)N[C@@H](CCC(=O)NCCCCCCCC(=O)NC(Cc1ccccc1)C(=O)NCC(=O)NC(Cc1c[nH]c2ccccc12)C(=O)NC(Cc1c[nH]c2ccccc12)C(=O)NCC(=O)NC(CS)C(=O)O)C(=O)O)C(=O)O. The number of H-pyrrole nitrogens is 2. The Hall–Kier alpha value is -9.47. The van der Waals surface area contributed by atoms with E-state index in [4.69, 9.17) is 5.11 Å². The Balaban J connectivity index is 1.14. The maximum Gasteiger partial charge on any atom is 0.327 e. The summed E-state index contributed by atoms with van der Waals surface area (Å²) in [5.74, 6) is -10.6. The van der Waals surface area contributed by atoms with Gasteiger partial charge < -0.3 is 78.2 Å². The van der Waals surface area contributed by atoms with Gasteiger partial charge in [-0.25, -0.2) is 19.2 Å². The molecule has 27 nitrogen and oxygen atoms in total. The van der Waals surface area contributed by atoms with Gasteiger partial charge in [0.05, 0.1) is 13.1 Å². The van der Waals surface area contributed by atoms with Gasteiger partial charge in [-0.15, -0.1) is 0 Å². The Morgan fingerprint density at radius 1 is 0.424 bits per heavy atom. The van der Waals surface area contributed by atoms with Crippen LogP contribution in [0.4, 0.5) is 4.79 Å². The summed E-state index contributed by atoms with van der Waals surface area (Å²) >= 11 is 3.96. The first-order valence-corrected chi connectivity index (χ1v) is 28.1. The molecule has 0 radical (unpaired) electrons. The average Bonchev–Trinajstić information content (AvgIpc) is 3.29. The third-order valence-corrected chi connectivity index (χ3v) is 13.9. The molecule has 5 aromatic rings. The number of aliphatic carboxylic acids is 4. The summed E-state index contributed by atoms with van der Waals surface area (Å²) in [4.78, 5) is 158. The number of hydrogen-bond acceptors (Lipinski definition) is 13. The second-order valence-electron chi connectivity index (χ2n) is 19.9. The van der Waals surface area contributed by atoms with E-state index in [0.717, 1.165) is 21.8 Å². The highest BCUT2D eigenvalue weighted by molar-refractivity contribution is 7.80. The molecule has 5 rings (SSSR count). The van der Waals surface area contributed by atoms with Crippen LogP contribution in [0, 0.1) is 0 Å². The summed E-state index contributed by atoms with van der Waals surface area (Å²) in [6.07, 6.45) is 4.72. The molecule has 9 amide bonds. The Kier molecular flexibility index (Phi) is 26.7. The molecule has 3 aromatic carbocycles. The minimum Gasteiger partial charge on any atom is -0.481 e. The number of rotatable bonds is 37. The van der Waals surface area contributed by atoms with Crippen molar-refractivity contribution in [2.75, 3.05) is 25.4 Å². The normalized spacial score (nSPS) is 13.1. The first kappa shape index (κ1) is 66.3. The first-order chi connectivity index (χ1) is 40.7. The fourth-order valence-electron chi connectivity index (χ4n) is 8.99. The molecule has 0 aliphatic carbocycles. The fraction of sp³-hybridized carbons (Fsp3) is 0.404. The lowest BCUT2D eigenvalue weighted by molar-refractivity contribution is -0.141. The number of urea groups is 1. The molecule has 0 bridgehead atoms. The second kappa shape index (κ2) is 34.2. The topological polar surface area (TPSA) is 426 Å². The van der Waals surface area contributed by atoms with Crippen molar-refractivity contribution in [3.63, 3.8) is 0 Å². The molecule has 0 saturated heterocycles. The van der Waals surface area contributed by atoms with Crippen molar-refractivity contribution in [3.05, 3.63) is 108 Å². The van der Waals surface area contributed by atoms with Crippen LogP contribution in [0.3, 0.4) is 0 Å². The minimum atomic E-state index is -1.58. The van der Waals surface area contributed by atoms with E-state index in [1.807, 2.05) is 41.7 Å². The van der Waals surface area contributed by atoms with Crippen LogP contribution in [0.1, 0.15) is 80.9 Å². The number of carbonyl (C=O) groups excluding carboxylic acids is 8. The number of hydrogen-bond donors (Lipinski definition) is 16. The van der Waals surface area contributed by atoms with Gasteiger partial charge in [0.2, 0.25) is 41.4 Å². The van der Waals surface area contributed by atoms with Crippen molar-refractivity contribution in [1.29, 1.82) is 0 Å². The molecule has 15 N–H and O–H groups in total. The monoisotopic (exact) mass is 1200 g/mol. The largest absolute Gasteiger partial charge is 0.481 e. The molecule has 0 aliphatic heterocycles. The van der Waals surface area contributed by atoms with E-state index in [1.54, 1.807) is 54.9 Å². The number of carboxylic acid groups (broad SMARTS) is 4. The van der Waals surface area contributed by atoms with Crippen molar-refractivity contribution in [3.8, 4) is 0 Å². The number of thiol groups is 1. The van der Waals surface area contributed by atoms with E-state index in [1.165, 1.54) is 0 Å². The number of para-hydroxylation sites is 2. The van der Waals surface area contributed by atoms with Crippen LogP contribution in [0.2, 0.25) is 0 Å². The third kappa shape index (κ3) is 22.7. The molecular formula is C57H71N11O16S. The van der Waals surface area contributed by atoms with Crippen LogP contribution in [0.15, 0.2) is 91.3 Å². The van der Waals surface area contributed by atoms with Gasteiger partial charge in [0.1, 0.15) is 36.3 Å². The van der Waals surface area contributed by atoms with E-state index in [2.05, 4.69) is 65.1 Å². The first-order valence-electron chi connectivity index (χ1n) is 27.4. The Labute approximate surface area is 492 Å². The molecule has 0 spiro atoms. The van der Waals surface area contributed by atoms with Crippen LogP contribution < -0.4 is 47.9 Å². The third-order valence-electron chi connectivity index (χ3n) is 13.5. The van der Waals surface area contributed by atoms with E-state index in [9.17, 15) is 72.9 Å². The lowest BCUT2D eigenvalue weighted by Gasteiger charge is -2.24. The Morgan fingerprint density at radius 2 is 0.882 bits per heavy atom.